The van der Waals surface area contributed by atoms with Crippen LogP contribution in [-0.2, 0) is 30.2 Å². The summed E-state index contributed by atoms with van der Waals surface area (Å²) >= 11 is 0. The van der Waals surface area contributed by atoms with Gasteiger partial charge in [-0.1, -0.05) is 83.7 Å². The molecule has 6 nitrogen and oxygen atoms in total. The number of rotatable bonds is 17. The minimum atomic E-state index is -0.656. The topological polar surface area (TPSA) is 82.1 Å². The second-order valence-corrected chi connectivity index (χ2v) is 12.9. The van der Waals surface area contributed by atoms with Crippen molar-refractivity contribution in [2.75, 3.05) is 33.5 Å². The van der Waals surface area contributed by atoms with Crippen molar-refractivity contribution >= 4 is 11.9 Å². The molecule has 1 N–H and O–H groups in total. The van der Waals surface area contributed by atoms with Crippen LogP contribution in [0.15, 0.2) is 42.5 Å². The first-order valence-electron chi connectivity index (χ1n) is 16.7. The van der Waals surface area contributed by atoms with Crippen LogP contribution in [0.1, 0.15) is 119 Å². The van der Waals surface area contributed by atoms with Crippen molar-refractivity contribution in [1.29, 1.82) is 0 Å². The minimum absolute atomic E-state index is 0.00978. The van der Waals surface area contributed by atoms with E-state index in [0.717, 1.165) is 29.7 Å². The Morgan fingerprint density at radius 1 is 0.884 bits per heavy atom. The predicted octanol–water partition coefficient (Wildman–Crippen LogP) is 7.83. The molecule has 1 aromatic carbocycles. The van der Waals surface area contributed by atoms with E-state index in [1.165, 1.54) is 95.3 Å². The number of unbranched alkanes of at least 4 members (excludes halogenated alkanes) is 2. The summed E-state index contributed by atoms with van der Waals surface area (Å²) in [6, 6.07) is 6.53. The fraction of sp³-hybridized carbons (Fsp3) is 0.676. The Balaban J connectivity index is 1.62. The SMILES string of the molecule is C=C(CO)C(=O)OCC(COC(=O)C(=C)COC)c1ccc(C2CCC(C3CCC(CCCCC)CC3)CC2)c(CC)c1. The lowest BCUT2D eigenvalue weighted by Gasteiger charge is -2.38. The standard InChI is InChI=1S/C37H56O6/c1-6-8-9-10-28-11-13-30(14-12-28)31-15-17-32(18-16-31)35-20-19-33(21-29(35)7-2)34(24-42-36(39)26(3)22-38)25-43-37(40)27(4)23-41-5/h19-21,28,30-32,34,38H,3-4,6-18,22-25H2,1-2,5H3. The van der Waals surface area contributed by atoms with Crippen LogP contribution in [0.4, 0.5) is 0 Å². The van der Waals surface area contributed by atoms with Crippen LogP contribution in [0.5, 0.6) is 0 Å². The fourth-order valence-corrected chi connectivity index (χ4v) is 7.21. The maximum atomic E-state index is 12.4. The first kappa shape index (κ1) is 35.0. The van der Waals surface area contributed by atoms with E-state index in [0.29, 0.717) is 5.92 Å². The van der Waals surface area contributed by atoms with E-state index in [2.05, 4.69) is 45.2 Å². The Morgan fingerprint density at radius 2 is 1.49 bits per heavy atom. The number of benzene rings is 1. The molecule has 43 heavy (non-hydrogen) atoms. The zero-order valence-corrected chi connectivity index (χ0v) is 27.0. The molecule has 0 aromatic heterocycles. The van der Waals surface area contributed by atoms with E-state index in [-0.39, 0.29) is 36.9 Å². The summed E-state index contributed by atoms with van der Waals surface area (Å²) in [6.45, 7) is 11.4. The molecule has 0 heterocycles. The van der Waals surface area contributed by atoms with Crippen LogP contribution < -0.4 is 0 Å². The predicted molar refractivity (Wildman–Crippen MR) is 172 cm³/mol. The number of aliphatic hydroxyl groups excluding tert-OH is 1. The molecule has 0 amide bonds. The smallest absolute Gasteiger partial charge is 0.335 e. The molecule has 2 aliphatic carbocycles. The van der Waals surface area contributed by atoms with Crippen LogP contribution >= 0.6 is 0 Å². The van der Waals surface area contributed by atoms with E-state index in [4.69, 9.17) is 14.2 Å². The van der Waals surface area contributed by atoms with Gasteiger partial charge in [-0.25, -0.2) is 9.59 Å². The Morgan fingerprint density at radius 3 is 2.05 bits per heavy atom. The highest BCUT2D eigenvalue weighted by Gasteiger charge is 2.32. The van der Waals surface area contributed by atoms with Crippen LogP contribution in [0.3, 0.4) is 0 Å². The van der Waals surface area contributed by atoms with Crippen molar-refractivity contribution in [3.63, 3.8) is 0 Å². The number of carbonyl (C=O) groups excluding carboxylic acids is 2. The van der Waals surface area contributed by atoms with Crippen LogP contribution in [-0.4, -0.2) is 50.6 Å². The molecule has 2 aliphatic rings. The van der Waals surface area contributed by atoms with Crippen molar-refractivity contribution in [2.45, 2.75) is 109 Å². The molecule has 0 bridgehead atoms. The second kappa shape index (κ2) is 18.4. The average Bonchev–Trinajstić information content (AvgIpc) is 3.04. The molecule has 0 spiro atoms. The molecule has 0 aliphatic heterocycles. The van der Waals surface area contributed by atoms with Gasteiger partial charge in [0.05, 0.1) is 30.3 Å². The molecule has 0 saturated heterocycles. The maximum Gasteiger partial charge on any atom is 0.335 e. The van der Waals surface area contributed by atoms with Crippen molar-refractivity contribution in [3.05, 3.63) is 59.2 Å². The summed E-state index contributed by atoms with van der Waals surface area (Å²) in [5.41, 5.74) is 3.91. The number of aliphatic hydroxyl groups is 1. The number of ether oxygens (including phenoxy) is 3. The number of carbonyl (C=O) groups is 2. The van der Waals surface area contributed by atoms with Gasteiger partial charge in [0.1, 0.15) is 13.2 Å². The molecule has 3 rings (SSSR count). The number of hydrogen-bond donors (Lipinski definition) is 1. The van der Waals surface area contributed by atoms with Gasteiger partial charge in [-0.05, 0) is 85.3 Å². The number of aryl methyl sites for hydroxylation is 1. The highest BCUT2D eigenvalue weighted by atomic mass is 16.5. The quantitative estimate of drug-likeness (QED) is 0.112. The van der Waals surface area contributed by atoms with Crippen LogP contribution in [0.25, 0.3) is 0 Å². The number of esters is 2. The Bertz CT molecular complexity index is 1050. The van der Waals surface area contributed by atoms with Gasteiger partial charge in [0.2, 0.25) is 0 Å². The molecule has 6 heteroatoms. The zero-order chi connectivity index (χ0) is 31.2. The molecule has 0 radical (unpaired) electrons. The third-order valence-electron chi connectivity index (χ3n) is 9.92. The number of hydrogen-bond acceptors (Lipinski definition) is 6. The summed E-state index contributed by atoms with van der Waals surface area (Å²) in [5.74, 6) is 1.80. The van der Waals surface area contributed by atoms with E-state index >= 15 is 0 Å². The van der Waals surface area contributed by atoms with Gasteiger partial charge in [0.15, 0.2) is 0 Å². The lowest BCUT2D eigenvalue weighted by atomic mass is 9.67. The first-order chi connectivity index (χ1) is 20.8. The van der Waals surface area contributed by atoms with Gasteiger partial charge < -0.3 is 19.3 Å². The Kier molecular flexibility index (Phi) is 15.0. The van der Waals surface area contributed by atoms with E-state index in [1.54, 1.807) is 0 Å². The normalized spacial score (nSPS) is 22.9. The van der Waals surface area contributed by atoms with E-state index in [9.17, 15) is 14.7 Å². The van der Waals surface area contributed by atoms with Gasteiger partial charge >= 0.3 is 11.9 Å². The summed E-state index contributed by atoms with van der Waals surface area (Å²) in [5, 5.41) is 9.24. The summed E-state index contributed by atoms with van der Waals surface area (Å²) < 4.78 is 16.0. The third kappa shape index (κ3) is 10.6. The van der Waals surface area contributed by atoms with E-state index < -0.39 is 18.5 Å². The van der Waals surface area contributed by atoms with Crippen molar-refractivity contribution in [1.82, 2.24) is 0 Å². The van der Waals surface area contributed by atoms with Crippen LogP contribution in [0.2, 0.25) is 0 Å². The molecular formula is C37H56O6. The largest absolute Gasteiger partial charge is 0.461 e. The zero-order valence-electron chi connectivity index (χ0n) is 27.0. The van der Waals surface area contributed by atoms with Crippen molar-refractivity contribution in [2.24, 2.45) is 17.8 Å². The molecule has 240 valence electrons. The molecular weight excluding hydrogens is 540 g/mol. The summed E-state index contributed by atoms with van der Waals surface area (Å²) in [7, 11) is 1.50. The van der Waals surface area contributed by atoms with Gasteiger partial charge in [-0.2, -0.15) is 0 Å². The summed E-state index contributed by atoms with van der Waals surface area (Å²) in [6.07, 6.45) is 17.4. The maximum absolute atomic E-state index is 12.4. The molecule has 1 aromatic rings. The first-order valence-corrected chi connectivity index (χ1v) is 16.7. The highest BCUT2D eigenvalue weighted by Crippen LogP contribution is 2.45. The van der Waals surface area contributed by atoms with Gasteiger partial charge in [0.25, 0.3) is 0 Å². The third-order valence-corrected chi connectivity index (χ3v) is 9.92. The second-order valence-electron chi connectivity index (χ2n) is 12.9. The average molecular weight is 597 g/mol. The lowest BCUT2D eigenvalue weighted by molar-refractivity contribution is -0.143. The molecule has 2 fully saturated rings. The van der Waals surface area contributed by atoms with Gasteiger partial charge in [-0.3, -0.25) is 0 Å². The monoisotopic (exact) mass is 596 g/mol. The van der Waals surface area contributed by atoms with Crippen molar-refractivity contribution in [3.8, 4) is 0 Å². The fourth-order valence-electron chi connectivity index (χ4n) is 7.21. The van der Waals surface area contributed by atoms with E-state index in [1.807, 2.05) is 0 Å². The Labute approximate surface area is 260 Å². The Hall–Kier alpha value is -2.44. The molecule has 1 unspecified atom stereocenters. The lowest BCUT2D eigenvalue weighted by Crippen LogP contribution is -2.25. The molecule has 2 saturated carbocycles. The minimum Gasteiger partial charge on any atom is -0.461 e. The molecule has 1 atom stereocenters. The highest BCUT2D eigenvalue weighted by molar-refractivity contribution is 5.88. The van der Waals surface area contributed by atoms with Crippen molar-refractivity contribution < 1.29 is 28.9 Å². The number of methoxy groups -OCH3 is 1. The van der Waals surface area contributed by atoms with Gasteiger partial charge in [-0.15, -0.1) is 0 Å². The summed E-state index contributed by atoms with van der Waals surface area (Å²) in [4.78, 5) is 24.6. The van der Waals surface area contributed by atoms with Gasteiger partial charge in [0, 0.05) is 7.11 Å². The van der Waals surface area contributed by atoms with Crippen LogP contribution in [0, 0.1) is 17.8 Å².